The molecule has 0 aliphatic rings. The van der Waals surface area contributed by atoms with Crippen molar-refractivity contribution in [3.05, 3.63) is 23.7 Å². The molecule has 0 atom stereocenters. The lowest BCUT2D eigenvalue weighted by Crippen LogP contribution is -2.28. The fraction of sp³-hybridized carbons (Fsp3) is 0.583. The zero-order chi connectivity index (χ0) is 13.4. The Morgan fingerprint density at radius 2 is 2.22 bits per heavy atom. The van der Waals surface area contributed by atoms with Gasteiger partial charge in [-0.25, -0.2) is 0 Å². The summed E-state index contributed by atoms with van der Waals surface area (Å²) < 4.78 is 10.6. The van der Waals surface area contributed by atoms with Crippen molar-refractivity contribution in [1.29, 1.82) is 0 Å². The van der Waals surface area contributed by atoms with Crippen molar-refractivity contribution in [1.82, 2.24) is 10.2 Å². The van der Waals surface area contributed by atoms with Gasteiger partial charge in [0.1, 0.15) is 5.76 Å². The Balaban J connectivity index is 2.13. The number of ether oxygens (including phenoxy) is 1. The molecule has 0 radical (unpaired) electrons. The maximum atomic E-state index is 11.6. The molecule has 3 N–H and O–H groups in total. The van der Waals surface area contributed by atoms with Crippen LogP contribution in [0.3, 0.4) is 0 Å². The molecule has 0 aliphatic carbocycles. The minimum Gasteiger partial charge on any atom is -0.455 e. The third-order valence-corrected chi connectivity index (χ3v) is 2.30. The normalized spacial score (nSPS) is 10.9. The van der Waals surface area contributed by atoms with E-state index in [1.165, 1.54) is 0 Å². The second-order valence-electron chi connectivity index (χ2n) is 4.14. The average Bonchev–Trinajstić information content (AvgIpc) is 2.81. The molecular weight excluding hydrogens is 234 g/mol. The number of amides is 1. The standard InChI is InChI=1S/C12H21N3O3/c1-15(2)6-8-17-7-5-14-12(16)11-4-3-10(9-13)18-11/h3-4H,5-9,13H2,1-2H3,(H,14,16). The Morgan fingerprint density at radius 1 is 1.44 bits per heavy atom. The van der Waals surface area contributed by atoms with E-state index in [2.05, 4.69) is 5.32 Å². The summed E-state index contributed by atoms with van der Waals surface area (Å²) in [6.45, 7) is 2.77. The monoisotopic (exact) mass is 255 g/mol. The third-order valence-electron chi connectivity index (χ3n) is 2.30. The Hall–Kier alpha value is -1.37. The van der Waals surface area contributed by atoms with E-state index in [4.69, 9.17) is 14.9 Å². The Labute approximate surface area is 107 Å². The molecule has 1 aromatic rings. The fourth-order valence-electron chi connectivity index (χ4n) is 1.28. The van der Waals surface area contributed by atoms with E-state index in [0.717, 1.165) is 6.54 Å². The minimum absolute atomic E-state index is 0.245. The second kappa shape index (κ2) is 7.86. The molecule has 0 spiro atoms. The predicted molar refractivity (Wildman–Crippen MR) is 68.3 cm³/mol. The number of carbonyl (C=O) groups excluding carboxylic acids is 1. The summed E-state index contributed by atoms with van der Waals surface area (Å²) in [5.41, 5.74) is 5.39. The van der Waals surface area contributed by atoms with E-state index in [1.54, 1.807) is 12.1 Å². The van der Waals surface area contributed by atoms with Gasteiger partial charge in [0.2, 0.25) is 0 Å². The van der Waals surface area contributed by atoms with E-state index in [0.29, 0.717) is 32.1 Å². The van der Waals surface area contributed by atoms with Gasteiger partial charge in [-0.2, -0.15) is 0 Å². The lowest BCUT2D eigenvalue weighted by Gasteiger charge is -2.09. The molecule has 1 rings (SSSR count). The van der Waals surface area contributed by atoms with Gasteiger partial charge < -0.3 is 25.1 Å². The van der Waals surface area contributed by atoms with Gasteiger partial charge in [0, 0.05) is 13.1 Å². The van der Waals surface area contributed by atoms with Crippen LogP contribution < -0.4 is 11.1 Å². The molecule has 102 valence electrons. The van der Waals surface area contributed by atoms with Crippen molar-refractivity contribution >= 4 is 5.91 Å². The van der Waals surface area contributed by atoms with E-state index >= 15 is 0 Å². The summed E-state index contributed by atoms with van der Waals surface area (Å²) in [6.07, 6.45) is 0. The van der Waals surface area contributed by atoms with Crippen LogP contribution in [0.2, 0.25) is 0 Å². The molecule has 1 heterocycles. The summed E-state index contributed by atoms with van der Waals surface area (Å²) in [4.78, 5) is 13.6. The first kappa shape index (κ1) is 14.7. The van der Waals surface area contributed by atoms with Gasteiger partial charge in [0.05, 0.1) is 19.8 Å². The minimum atomic E-state index is -0.245. The Bertz CT molecular complexity index is 363. The van der Waals surface area contributed by atoms with Crippen molar-refractivity contribution in [2.45, 2.75) is 6.54 Å². The van der Waals surface area contributed by atoms with Crippen LogP contribution in [0.5, 0.6) is 0 Å². The van der Waals surface area contributed by atoms with E-state index in [9.17, 15) is 4.79 Å². The maximum Gasteiger partial charge on any atom is 0.287 e. The van der Waals surface area contributed by atoms with E-state index in [-0.39, 0.29) is 11.7 Å². The van der Waals surface area contributed by atoms with Crippen molar-refractivity contribution in [2.24, 2.45) is 5.73 Å². The smallest absolute Gasteiger partial charge is 0.287 e. The summed E-state index contributed by atoms with van der Waals surface area (Å²) >= 11 is 0. The largest absolute Gasteiger partial charge is 0.455 e. The summed E-state index contributed by atoms with van der Waals surface area (Å²) in [5, 5.41) is 2.71. The number of carbonyl (C=O) groups is 1. The molecule has 0 unspecified atom stereocenters. The molecular formula is C12H21N3O3. The zero-order valence-electron chi connectivity index (χ0n) is 10.9. The molecule has 18 heavy (non-hydrogen) atoms. The predicted octanol–water partition coefficient (Wildman–Crippen LogP) is 0.0463. The van der Waals surface area contributed by atoms with Crippen LogP contribution in [-0.2, 0) is 11.3 Å². The molecule has 0 bridgehead atoms. The van der Waals surface area contributed by atoms with Gasteiger partial charge in [-0.05, 0) is 26.2 Å². The second-order valence-corrected chi connectivity index (χ2v) is 4.14. The van der Waals surface area contributed by atoms with Crippen molar-refractivity contribution < 1.29 is 13.9 Å². The highest BCUT2D eigenvalue weighted by Crippen LogP contribution is 2.06. The first-order chi connectivity index (χ1) is 8.63. The van der Waals surface area contributed by atoms with Crippen molar-refractivity contribution in [3.8, 4) is 0 Å². The molecule has 1 aromatic heterocycles. The van der Waals surface area contributed by atoms with E-state index < -0.39 is 0 Å². The SMILES string of the molecule is CN(C)CCOCCNC(=O)c1ccc(CN)o1. The van der Waals surface area contributed by atoms with Crippen LogP contribution >= 0.6 is 0 Å². The number of nitrogens with two attached hydrogens (primary N) is 1. The van der Waals surface area contributed by atoms with Crippen LogP contribution in [0.25, 0.3) is 0 Å². The van der Waals surface area contributed by atoms with Crippen LogP contribution in [0.1, 0.15) is 16.3 Å². The Kier molecular flexibility index (Phi) is 6.42. The summed E-state index contributed by atoms with van der Waals surface area (Å²) in [6, 6.07) is 3.31. The Morgan fingerprint density at radius 3 is 2.83 bits per heavy atom. The molecule has 0 saturated carbocycles. The molecule has 6 heteroatoms. The molecule has 0 saturated heterocycles. The van der Waals surface area contributed by atoms with Crippen LogP contribution in [0.4, 0.5) is 0 Å². The van der Waals surface area contributed by atoms with Crippen molar-refractivity contribution in [3.63, 3.8) is 0 Å². The lowest BCUT2D eigenvalue weighted by molar-refractivity contribution is 0.0874. The number of furan rings is 1. The first-order valence-corrected chi connectivity index (χ1v) is 5.93. The quantitative estimate of drug-likeness (QED) is 0.641. The molecule has 1 amide bonds. The van der Waals surface area contributed by atoms with Crippen LogP contribution in [-0.4, -0.2) is 51.2 Å². The first-order valence-electron chi connectivity index (χ1n) is 5.93. The number of hydrogen-bond donors (Lipinski definition) is 2. The van der Waals surface area contributed by atoms with Gasteiger partial charge in [-0.1, -0.05) is 0 Å². The zero-order valence-corrected chi connectivity index (χ0v) is 10.9. The average molecular weight is 255 g/mol. The molecule has 6 nitrogen and oxygen atoms in total. The number of likely N-dealkylation sites (N-methyl/N-ethyl adjacent to an activating group) is 1. The van der Waals surface area contributed by atoms with Crippen LogP contribution in [0.15, 0.2) is 16.5 Å². The highest BCUT2D eigenvalue weighted by molar-refractivity contribution is 5.91. The molecule has 0 fully saturated rings. The number of hydrogen-bond acceptors (Lipinski definition) is 5. The van der Waals surface area contributed by atoms with Gasteiger partial charge in [0.15, 0.2) is 5.76 Å². The van der Waals surface area contributed by atoms with Gasteiger partial charge in [-0.15, -0.1) is 0 Å². The maximum absolute atomic E-state index is 11.6. The highest BCUT2D eigenvalue weighted by atomic mass is 16.5. The van der Waals surface area contributed by atoms with Gasteiger partial charge >= 0.3 is 0 Å². The van der Waals surface area contributed by atoms with Gasteiger partial charge in [0.25, 0.3) is 5.91 Å². The van der Waals surface area contributed by atoms with Gasteiger partial charge in [-0.3, -0.25) is 4.79 Å². The summed E-state index contributed by atoms with van der Waals surface area (Å²) in [5.74, 6) is 0.636. The molecule has 0 aromatic carbocycles. The van der Waals surface area contributed by atoms with Crippen molar-refractivity contribution in [2.75, 3.05) is 40.4 Å². The third kappa shape index (κ3) is 5.31. The fourth-order valence-corrected chi connectivity index (χ4v) is 1.28. The lowest BCUT2D eigenvalue weighted by atomic mass is 10.4. The number of rotatable bonds is 8. The van der Waals surface area contributed by atoms with Crippen LogP contribution in [0, 0.1) is 0 Å². The topological polar surface area (TPSA) is 80.7 Å². The highest BCUT2D eigenvalue weighted by Gasteiger charge is 2.09. The number of nitrogens with zero attached hydrogens (tertiary/aromatic N) is 1. The molecule has 0 aliphatic heterocycles. The number of nitrogens with one attached hydrogen (secondary N) is 1. The summed E-state index contributed by atoms with van der Waals surface area (Å²) in [7, 11) is 3.97. The van der Waals surface area contributed by atoms with E-state index in [1.807, 2.05) is 19.0 Å².